The van der Waals surface area contributed by atoms with Crippen molar-refractivity contribution in [3.8, 4) is 11.5 Å². The lowest BCUT2D eigenvalue weighted by Gasteiger charge is -2.31. The van der Waals surface area contributed by atoms with E-state index in [2.05, 4.69) is 0 Å². The molecular formula is C14H19F2NO2. The molecule has 0 aromatic heterocycles. The van der Waals surface area contributed by atoms with Crippen LogP contribution in [0.2, 0.25) is 0 Å². The Morgan fingerprint density at radius 3 is 2.58 bits per heavy atom. The summed E-state index contributed by atoms with van der Waals surface area (Å²) in [5.74, 6) is 0.990. The van der Waals surface area contributed by atoms with Crippen LogP contribution in [0.15, 0.2) is 24.3 Å². The summed E-state index contributed by atoms with van der Waals surface area (Å²) in [5.41, 5.74) is 0. The van der Waals surface area contributed by atoms with Gasteiger partial charge in [-0.2, -0.15) is 0 Å². The van der Waals surface area contributed by atoms with E-state index in [1.54, 1.807) is 29.2 Å². The molecule has 1 aliphatic rings. The molecule has 2 rings (SSSR count). The number of likely N-dealkylation sites (tertiary alicyclic amines) is 1. The Bertz CT molecular complexity index is 393. The van der Waals surface area contributed by atoms with E-state index in [-0.39, 0.29) is 12.3 Å². The molecule has 0 aliphatic carbocycles. The van der Waals surface area contributed by atoms with Crippen molar-refractivity contribution in [2.45, 2.75) is 19.3 Å². The SMILES string of the molecule is Oc1ccccc1OCC1CCN(CC(F)F)CC1. The summed E-state index contributed by atoms with van der Waals surface area (Å²) in [7, 11) is 0. The largest absolute Gasteiger partial charge is 0.504 e. The minimum atomic E-state index is -2.26. The van der Waals surface area contributed by atoms with Crippen LogP contribution in [-0.4, -0.2) is 42.7 Å². The third-order valence-electron chi connectivity index (χ3n) is 3.44. The van der Waals surface area contributed by atoms with Gasteiger partial charge in [0.25, 0.3) is 6.43 Å². The van der Waals surface area contributed by atoms with Crippen LogP contribution in [0.25, 0.3) is 0 Å². The van der Waals surface area contributed by atoms with Crippen LogP contribution in [0, 0.1) is 5.92 Å². The Morgan fingerprint density at radius 1 is 1.26 bits per heavy atom. The van der Waals surface area contributed by atoms with Gasteiger partial charge >= 0.3 is 0 Å². The zero-order valence-corrected chi connectivity index (χ0v) is 10.8. The van der Waals surface area contributed by atoms with E-state index in [1.165, 1.54) is 0 Å². The number of piperidine rings is 1. The molecule has 106 valence electrons. The minimum absolute atomic E-state index is 0.132. The predicted octanol–water partition coefficient (Wildman–Crippen LogP) is 2.75. The Kier molecular flexibility index (Phi) is 4.96. The molecule has 1 aliphatic heterocycles. The van der Waals surface area contributed by atoms with Crippen LogP contribution in [0.3, 0.4) is 0 Å². The highest BCUT2D eigenvalue weighted by Crippen LogP contribution is 2.26. The summed E-state index contributed by atoms with van der Waals surface area (Å²) in [6.45, 7) is 1.78. The molecule has 1 aromatic rings. The predicted molar refractivity (Wildman–Crippen MR) is 68.8 cm³/mol. The molecular weight excluding hydrogens is 252 g/mol. The average Bonchev–Trinajstić information content (AvgIpc) is 2.39. The number of para-hydroxylation sites is 2. The van der Waals surface area contributed by atoms with Crippen LogP contribution >= 0.6 is 0 Å². The highest BCUT2D eigenvalue weighted by molar-refractivity contribution is 5.37. The van der Waals surface area contributed by atoms with Crippen molar-refractivity contribution in [1.29, 1.82) is 0 Å². The van der Waals surface area contributed by atoms with Gasteiger partial charge in [0.2, 0.25) is 0 Å². The van der Waals surface area contributed by atoms with Gasteiger partial charge in [-0.25, -0.2) is 8.78 Å². The first kappa shape index (κ1) is 14.1. The van der Waals surface area contributed by atoms with Gasteiger partial charge in [0.05, 0.1) is 13.2 Å². The van der Waals surface area contributed by atoms with Crippen LogP contribution in [0.1, 0.15) is 12.8 Å². The second-order valence-electron chi connectivity index (χ2n) is 4.91. The standard InChI is InChI=1S/C14H19F2NO2/c15-14(16)9-17-7-5-11(6-8-17)10-19-13-4-2-1-3-12(13)18/h1-4,11,14,18H,5-10H2. The van der Waals surface area contributed by atoms with Crippen molar-refractivity contribution < 1.29 is 18.6 Å². The molecule has 1 N–H and O–H groups in total. The number of phenolic OH excluding ortho intramolecular Hbond substituents is 1. The Labute approximate surface area is 111 Å². The van der Waals surface area contributed by atoms with Gasteiger partial charge in [0, 0.05) is 0 Å². The van der Waals surface area contributed by atoms with E-state index in [4.69, 9.17) is 4.74 Å². The maximum Gasteiger partial charge on any atom is 0.251 e. The molecule has 1 fully saturated rings. The number of aromatic hydroxyl groups is 1. The quantitative estimate of drug-likeness (QED) is 0.893. The number of alkyl halides is 2. The van der Waals surface area contributed by atoms with Crippen LogP contribution < -0.4 is 4.74 Å². The lowest BCUT2D eigenvalue weighted by molar-refractivity contribution is 0.0617. The maximum atomic E-state index is 12.2. The summed E-state index contributed by atoms with van der Waals surface area (Å²) in [5, 5.41) is 9.56. The van der Waals surface area contributed by atoms with Gasteiger partial charge in [-0.1, -0.05) is 12.1 Å². The first-order valence-corrected chi connectivity index (χ1v) is 6.56. The number of hydrogen-bond acceptors (Lipinski definition) is 3. The molecule has 0 spiro atoms. The molecule has 0 radical (unpaired) electrons. The molecule has 19 heavy (non-hydrogen) atoms. The Morgan fingerprint density at radius 2 is 1.95 bits per heavy atom. The maximum absolute atomic E-state index is 12.2. The fraction of sp³-hybridized carbons (Fsp3) is 0.571. The molecule has 0 saturated carbocycles. The number of halogens is 2. The number of nitrogens with zero attached hydrogens (tertiary/aromatic N) is 1. The highest BCUT2D eigenvalue weighted by atomic mass is 19.3. The lowest BCUT2D eigenvalue weighted by Crippen LogP contribution is -2.38. The molecule has 1 saturated heterocycles. The molecule has 3 nitrogen and oxygen atoms in total. The van der Waals surface area contributed by atoms with E-state index >= 15 is 0 Å². The van der Waals surface area contributed by atoms with Crippen molar-refractivity contribution >= 4 is 0 Å². The van der Waals surface area contributed by atoms with Crippen LogP contribution in [-0.2, 0) is 0 Å². The first-order chi connectivity index (χ1) is 9.15. The van der Waals surface area contributed by atoms with Crippen molar-refractivity contribution in [3.05, 3.63) is 24.3 Å². The smallest absolute Gasteiger partial charge is 0.251 e. The normalized spacial score (nSPS) is 17.8. The molecule has 0 unspecified atom stereocenters. The van der Waals surface area contributed by atoms with Gasteiger partial charge in [-0.15, -0.1) is 0 Å². The minimum Gasteiger partial charge on any atom is -0.504 e. The molecule has 1 heterocycles. The summed E-state index contributed by atoms with van der Waals surface area (Å²) in [4.78, 5) is 1.79. The summed E-state index contributed by atoms with van der Waals surface area (Å²) >= 11 is 0. The fourth-order valence-corrected chi connectivity index (χ4v) is 2.32. The monoisotopic (exact) mass is 271 g/mol. The summed E-state index contributed by atoms with van der Waals surface area (Å²) in [6, 6.07) is 6.85. The van der Waals surface area contributed by atoms with Crippen LogP contribution in [0.4, 0.5) is 8.78 Å². The third kappa shape index (κ3) is 4.35. The van der Waals surface area contributed by atoms with E-state index in [0.717, 1.165) is 12.8 Å². The van der Waals surface area contributed by atoms with E-state index in [0.29, 0.717) is 31.4 Å². The molecule has 1 aromatic carbocycles. The number of ether oxygens (including phenoxy) is 1. The molecule has 5 heteroatoms. The zero-order chi connectivity index (χ0) is 13.7. The van der Waals surface area contributed by atoms with Gasteiger partial charge in [0.15, 0.2) is 11.5 Å². The lowest BCUT2D eigenvalue weighted by atomic mass is 9.98. The van der Waals surface area contributed by atoms with E-state index in [9.17, 15) is 13.9 Å². The van der Waals surface area contributed by atoms with E-state index < -0.39 is 6.43 Å². The van der Waals surface area contributed by atoms with Crippen molar-refractivity contribution in [2.75, 3.05) is 26.2 Å². The molecule has 0 amide bonds. The highest BCUT2D eigenvalue weighted by Gasteiger charge is 2.21. The first-order valence-electron chi connectivity index (χ1n) is 6.56. The fourth-order valence-electron chi connectivity index (χ4n) is 2.32. The second kappa shape index (κ2) is 6.70. The van der Waals surface area contributed by atoms with Crippen LogP contribution in [0.5, 0.6) is 11.5 Å². The summed E-state index contributed by atoms with van der Waals surface area (Å²) in [6.07, 6.45) is -0.533. The Hall–Kier alpha value is -1.36. The second-order valence-corrected chi connectivity index (χ2v) is 4.91. The topological polar surface area (TPSA) is 32.7 Å². The zero-order valence-electron chi connectivity index (χ0n) is 10.8. The third-order valence-corrected chi connectivity index (χ3v) is 3.44. The van der Waals surface area contributed by atoms with Crippen molar-refractivity contribution in [3.63, 3.8) is 0 Å². The van der Waals surface area contributed by atoms with Crippen molar-refractivity contribution in [1.82, 2.24) is 4.90 Å². The number of rotatable bonds is 5. The molecule has 0 bridgehead atoms. The number of benzene rings is 1. The van der Waals surface area contributed by atoms with Gasteiger partial charge in [-0.05, 0) is 44.0 Å². The average molecular weight is 271 g/mol. The van der Waals surface area contributed by atoms with E-state index in [1.807, 2.05) is 0 Å². The van der Waals surface area contributed by atoms with Gasteiger partial charge in [-0.3, -0.25) is 4.90 Å². The van der Waals surface area contributed by atoms with Gasteiger partial charge < -0.3 is 9.84 Å². The Balaban J connectivity index is 1.73. The number of hydrogen-bond donors (Lipinski definition) is 1. The van der Waals surface area contributed by atoms with Crippen molar-refractivity contribution in [2.24, 2.45) is 5.92 Å². The summed E-state index contributed by atoms with van der Waals surface area (Å²) < 4.78 is 30.0. The molecule has 0 atom stereocenters. The number of phenols is 1. The van der Waals surface area contributed by atoms with Gasteiger partial charge in [0.1, 0.15) is 0 Å².